The highest BCUT2D eigenvalue weighted by Crippen LogP contribution is 2.12. The molecule has 14 heavy (non-hydrogen) atoms. The number of aliphatic hydroxyl groups is 1. The summed E-state index contributed by atoms with van der Waals surface area (Å²) in [5.74, 6) is 5.50. The van der Waals surface area contributed by atoms with Gasteiger partial charge in [0.15, 0.2) is 0 Å². The van der Waals surface area contributed by atoms with E-state index in [0.717, 1.165) is 11.1 Å². The average Bonchev–Trinajstić information content (AvgIpc) is 2.25. The quantitative estimate of drug-likeness (QED) is 0.552. The van der Waals surface area contributed by atoms with Gasteiger partial charge in [0.05, 0.1) is 0 Å². The molecule has 1 heteroatoms. The Morgan fingerprint density at radius 1 is 1.36 bits per heavy atom. The summed E-state index contributed by atoms with van der Waals surface area (Å²) in [6.45, 7) is 3.50. The maximum atomic E-state index is 8.60. The van der Waals surface area contributed by atoms with Crippen molar-refractivity contribution in [2.24, 2.45) is 0 Å². The Labute approximate surface area is 84.4 Å². The zero-order chi connectivity index (χ0) is 10.2. The molecule has 0 aliphatic heterocycles. The summed E-state index contributed by atoms with van der Waals surface area (Å²) in [6, 6.07) is 9.80. The van der Waals surface area contributed by atoms with Crippen LogP contribution in [0.2, 0.25) is 0 Å². The van der Waals surface area contributed by atoms with Crippen LogP contribution in [0.5, 0.6) is 0 Å². The zero-order valence-corrected chi connectivity index (χ0v) is 7.90. The van der Waals surface area contributed by atoms with Crippen LogP contribution in [0.3, 0.4) is 0 Å². The van der Waals surface area contributed by atoms with E-state index in [9.17, 15) is 0 Å². The van der Waals surface area contributed by atoms with Crippen LogP contribution in [0.15, 0.2) is 49.1 Å². The average molecular weight is 184 g/mol. The third-order valence-electron chi connectivity index (χ3n) is 1.67. The van der Waals surface area contributed by atoms with Gasteiger partial charge in [-0.2, -0.15) is 0 Å². The lowest BCUT2D eigenvalue weighted by Crippen LogP contribution is -1.81. The number of rotatable bonds is 2. The van der Waals surface area contributed by atoms with Crippen LogP contribution in [-0.2, 0) is 0 Å². The van der Waals surface area contributed by atoms with Gasteiger partial charge in [0.25, 0.3) is 0 Å². The number of hydrogen-bond donors (Lipinski definition) is 1. The molecule has 1 aromatic rings. The molecular formula is C13H12O. The molecule has 1 N–H and O–H groups in total. The number of hydrogen-bond acceptors (Lipinski definition) is 1. The zero-order valence-electron chi connectivity index (χ0n) is 7.90. The molecule has 0 aliphatic carbocycles. The minimum Gasteiger partial charge on any atom is -0.384 e. The third kappa shape index (κ3) is 2.93. The summed E-state index contributed by atoms with van der Waals surface area (Å²) in [5.41, 5.74) is 1.91. The van der Waals surface area contributed by atoms with E-state index in [0.29, 0.717) is 0 Å². The molecule has 0 spiro atoms. The summed E-state index contributed by atoms with van der Waals surface area (Å²) in [6.07, 6.45) is 3.52. The maximum absolute atomic E-state index is 8.60. The molecule has 0 saturated heterocycles. The molecule has 0 atom stereocenters. The lowest BCUT2D eigenvalue weighted by molar-refractivity contribution is 0.350. The first-order chi connectivity index (χ1) is 6.88. The second-order valence-corrected chi connectivity index (χ2v) is 2.64. The van der Waals surface area contributed by atoms with Gasteiger partial charge in [-0.15, -0.1) is 0 Å². The van der Waals surface area contributed by atoms with Crippen LogP contribution < -0.4 is 0 Å². The standard InChI is InChI=1S/C13H12O/c1-2-7-12(10-6-11-14)13-8-4-3-5-9-13/h2-5,7-9,14H,1,11H2/b12-7-. The van der Waals surface area contributed by atoms with Gasteiger partial charge in [0.1, 0.15) is 6.61 Å². The van der Waals surface area contributed by atoms with Crippen LogP contribution in [-0.4, -0.2) is 11.7 Å². The SMILES string of the molecule is C=C/C=C(/C#CCO)c1ccccc1. The van der Waals surface area contributed by atoms with Crippen molar-refractivity contribution < 1.29 is 5.11 Å². The van der Waals surface area contributed by atoms with Crippen LogP contribution >= 0.6 is 0 Å². The fraction of sp³-hybridized carbons (Fsp3) is 0.0769. The highest BCUT2D eigenvalue weighted by atomic mass is 16.2. The van der Waals surface area contributed by atoms with Gasteiger partial charge in [-0.05, 0) is 11.6 Å². The number of benzene rings is 1. The van der Waals surface area contributed by atoms with Crippen molar-refractivity contribution in [3.05, 3.63) is 54.6 Å². The minimum atomic E-state index is -0.124. The normalized spacial score (nSPS) is 10.2. The molecule has 0 saturated carbocycles. The first kappa shape index (κ1) is 10.3. The van der Waals surface area contributed by atoms with Crippen molar-refractivity contribution >= 4 is 5.57 Å². The summed E-state index contributed by atoms with van der Waals surface area (Å²) >= 11 is 0. The number of allylic oxidation sites excluding steroid dienone is 3. The van der Waals surface area contributed by atoms with Crippen molar-refractivity contribution in [1.29, 1.82) is 0 Å². The monoisotopic (exact) mass is 184 g/mol. The van der Waals surface area contributed by atoms with E-state index in [1.165, 1.54) is 0 Å². The Bertz CT molecular complexity index is 377. The summed E-state index contributed by atoms with van der Waals surface area (Å²) in [7, 11) is 0. The Morgan fingerprint density at radius 3 is 2.64 bits per heavy atom. The topological polar surface area (TPSA) is 20.2 Å². The molecule has 0 fully saturated rings. The highest BCUT2D eigenvalue weighted by Gasteiger charge is 1.94. The van der Waals surface area contributed by atoms with Gasteiger partial charge in [-0.1, -0.05) is 54.8 Å². The predicted molar refractivity (Wildman–Crippen MR) is 59.5 cm³/mol. The van der Waals surface area contributed by atoms with Gasteiger partial charge in [-0.25, -0.2) is 0 Å². The first-order valence-corrected chi connectivity index (χ1v) is 4.36. The van der Waals surface area contributed by atoms with E-state index in [2.05, 4.69) is 18.4 Å². The Morgan fingerprint density at radius 2 is 2.07 bits per heavy atom. The van der Waals surface area contributed by atoms with Crippen molar-refractivity contribution in [3.63, 3.8) is 0 Å². The van der Waals surface area contributed by atoms with Gasteiger partial charge in [0, 0.05) is 5.57 Å². The van der Waals surface area contributed by atoms with Crippen LogP contribution in [0.4, 0.5) is 0 Å². The van der Waals surface area contributed by atoms with Crippen molar-refractivity contribution in [2.45, 2.75) is 0 Å². The molecular weight excluding hydrogens is 172 g/mol. The van der Waals surface area contributed by atoms with Gasteiger partial charge >= 0.3 is 0 Å². The highest BCUT2D eigenvalue weighted by molar-refractivity contribution is 5.79. The maximum Gasteiger partial charge on any atom is 0.104 e. The Hall–Kier alpha value is -1.78. The second kappa shape index (κ2) is 5.80. The molecule has 0 aromatic heterocycles. The number of aliphatic hydroxyl groups excluding tert-OH is 1. The molecule has 1 rings (SSSR count). The third-order valence-corrected chi connectivity index (χ3v) is 1.67. The van der Waals surface area contributed by atoms with E-state index in [1.807, 2.05) is 36.4 Å². The van der Waals surface area contributed by atoms with Crippen molar-refractivity contribution in [3.8, 4) is 11.8 Å². The van der Waals surface area contributed by atoms with E-state index in [1.54, 1.807) is 6.08 Å². The molecule has 0 aliphatic rings. The molecule has 0 amide bonds. The van der Waals surface area contributed by atoms with Crippen molar-refractivity contribution in [2.75, 3.05) is 6.61 Å². The van der Waals surface area contributed by atoms with E-state index >= 15 is 0 Å². The molecule has 1 nitrogen and oxygen atoms in total. The van der Waals surface area contributed by atoms with Crippen LogP contribution in [0.25, 0.3) is 5.57 Å². The molecule has 0 heterocycles. The lowest BCUT2D eigenvalue weighted by atomic mass is 10.1. The molecule has 0 unspecified atom stereocenters. The first-order valence-electron chi connectivity index (χ1n) is 4.36. The van der Waals surface area contributed by atoms with E-state index < -0.39 is 0 Å². The summed E-state index contributed by atoms with van der Waals surface area (Å²) in [5, 5.41) is 8.60. The molecule has 70 valence electrons. The van der Waals surface area contributed by atoms with Gasteiger partial charge in [0.2, 0.25) is 0 Å². The van der Waals surface area contributed by atoms with Crippen LogP contribution in [0.1, 0.15) is 5.56 Å². The largest absolute Gasteiger partial charge is 0.384 e. The minimum absolute atomic E-state index is 0.124. The smallest absolute Gasteiger partial charge is 0.104 e. The molecule has 0 bridgehead atoms. The van der Waals surface area contributed by atoms with E-state index in [4.69, 9.17) is 5.11 Å². The molecule has 0 radical (unpaired) electrons. The second-order valence-electron chi connectivity index (χ2n) is 2.64. The fourth-order valence-corrected chi connectivity index (χ4v) is 1.08. The van der Waals surface area contributed by atoms with Crippen LogP contribution in [0, 0.1) is 11.8 Å². The fourth-order valence-electron chi connectivity index (χ4n) is 1.08. The van der Waals surface area contributed by atoms with E-state index in [-0.39, 0.29) is 6.61 Å². The van der Waals surface area contributed by atoms with Gasteiger partial charge in [-0.3, -0.25) is 0 Å². The summed E-state index contributed by atoms with van der Waals surface area (Å²) in [4.78, 5) is 0. The van der Waals surface area contributed by atoms with Gasteiger partial charge < -0.3 is 5.11 Å². The summed E-state index contributed by atoms with van der Waals surface area (Å²) < 4.78 is 0. The predicted octanol–water partition coefficient (Wildman–Crippen LogP) is 2.25. The Balaban J connectivity index is 3.01. The molecule has 1 aromatic carbocycles. The lowest BCUT2D eigenvalue weighted by Gasteiger charge is -1.97. The van der Waals surface area contributed by atoms with Crippen molar-refractivity contribution in [1.82, 2.24) is 0 Å². The Kier molecular flexibility index (Phi) is 4.26.